The molecule has 0 amide bonds. The Bertz CT molecular complexity index is 627. The molecule has 0 bridgehead atoms. The Balaban J connectivity index is 1.67. The Morgan fingerprint density at radius 1 is 0.957 bits per heavy atom. The summed E-state index contributed by atoms with van der Waals surface area (Å²) in [6.07, 6.45) is 4.04. The molecule has 0 radical (unpaired) electrons. The fourth-order valence-electron chi connectivity index (χ4n) is 3.22. The zero-order chi connectivity index (χ0) is 16.1. The smallest absolute Gasteiger partial charge is 0.223 e. The van der Waals surface area contributed by atoms with Gasteiger partial charge in [0.2, 0.25) is 5.95 Å². The van der Waals surface area contributed by atoms with Gasteiger partial charge in [-0.15, -0.1) is 0 Å². The van der Waals surface area contributed by atoms with Gasteiger partial charge < -0.3 is 5.32 Å². The third-order valence-electron chi connectivity index (χ3n) is 4.38. The van der Waals surface area contributed by atoms with Gasteiger partial charge >= 0.3 is 0 Å². The van der Waals surface area contributed by atoms with Crippen LogP contribution in [0.5, 0.6) is 0 Å². The molecule has 4 heteroatoms. The summed E-state index contributed by atoms with van der Waals surface area (Å²) in [6.45, 7) is 8.27. The van der Waals surface area contributed by atoms with E-state index in [9.17, 15) is 0 Å². The molecule has 2 heterocycles. The lowest BCUT2D eigenvalue weighted by molar-refractivity contribution is 0.220. The Hall–Kier alpha value is -1.94. The minimum Gasteiger partial charge on any atom is -0.350 e. The largest absolute Gasteiger partial charge is 0.350 e. The summed E-state index contributed by atoms with van der Waals surface area (Å²) < 4.78 is 0. The van der Waals surface area contributed by atoms with E-state index in [4.69, 9.17) is 0 Å². The van der Waals surface area contributed by atoms with E-state index in [0.29, 0.717) is 0 Å². The van der Waals surface area contributed by atoms with Gasteiger partial charge in [-0.3, -0.25) is 4.90 Å². The van der Waals surface area contributed by atoms with Crippen molar-refractivity contribution in [2.45, 2.75) is 46.2 Å². The summed E-state index contributed by atoms with van der Waals surface area (Å²) in [6, 6.07) is 10.7. The molecule has 1 aromatic heterocycles. The van der Waals surface area contributed by atoms with Crippen molar-refractivity contribution in [2.24, 2.45) is 0 Å². The second kappa shape index (κ2) is 7.55. The Kier molecular flexibility index (Phi) is 5.23. The standard InChI is InChI=1S/C19H26N4/c1-15-12-16(2)22-19(21-15)20-13-17-8-4-5-9-18(17)14-23-10-6-3-7-11-23/h4-5,8-9,12H,3,6-7,10-11,13-14H2,1-2H3,(H,20,21,22). The first-order chi connectivity index (χ1) is 11.2. The number of anilines is 1. The highest BCUT2D eigenvalue weighted by Crippen LogP contribution is 2.17. The fraction of sp³-hybridized carbons (Fsp3) is 0.474. The number of hydrogen-bond donors (Lipinski definition) is 1. The summed E-state index contributed by atoms with van der Waals surface area (Å²) in [5.74, 6) is 0.718. The van der Waals surface area contributed by atoms with Crippen LogP contribution in [0.4, 0.5) is 5.95 Å². The molecule has 2 aromatic rings. The minimum absolute atomic E-state index is 0.718. The van der Waals surface area contributed by atoms with Crippen LogP contribution in [0.15, 0.2) is 30.3 Å². The van der Waals surface area contributed by atoms with Crippen molar-refractivity contribution in [3.05, 3.63) is 52.8 Å². The van der Waals surface area contributed by atoms with E-state index < -0.39 is 0 Å². The number of aromatic nitrogens is 2. The number of piperidine rings is 1. The van der Waals surface area contributed by atoms with Gasteiger partial charge in [0.15, 0.2) is 0 Å². The third kappa shape index (κ3) is 4.52. The van der Waals surface area contributed by atoms with Gasteiger partial charge in [-0.2, -0.15) is 0 Å². The van der Waals surface area contributed by atoms with Crippen LogP contribution in [0.1, 0.15) is 41.8 Å². The maximum absolute atomic E-state index is 4.46. The molecule has 0 atom stereocenters. The highest BCUT2D eigenvalue weighted by molar-refractivity contribution is 5.33. The lowest BCUT2D eigenvalue weighted by atomic mass is 10.0. The topological polar surface area (TPSA) is 41.1 Å². The molecule has 1 saturated heterocycles. The lowest BCUT2D eigenvalue weighted by Crippen LogP contribution is -2.29. The van der Waals surface area contributed by atoms with Crippen LogP contribution in [0.25, 0.3) is 0 Å². The van der Waals surface area contributed by atoms with Crippen molar-refractivity contribution in [3.8, 4) is 0 Å². The number of likely N-dealkylation sites (tertiary alicyclic amines) is 1. The van der Waals surface area contributed by atoms with Gasteiger partial charge in [0.1, 0.15) is 0 Å². The SMILES string of the molecule is Cc1cc(C)nc(NCc2ccccc2CN2CCCCC2)n1. The summed E-state index contributed by atoms with van der Waals surface area (Å²) >= 11 is 0. The van der Waals surface area contributed by atoms with Gasteiger partial charge in [0.25, 0.3) is 0 Å². The molecule has 1 aliphatic heterocycles. The number of nitrogens with zero attached hydrogens (tertiary/aromatic N) is 3. The molecule has 4 nitrogen and oxygen atoms in total. The summed E-state index contributed by atoms with van der Waals surface area (Å²) in [5, 5.41) is 3.38. The summed E-state index contributed by atoms with van der Waals surface area (Å²) in [7, 11) is 0. The number of hydrogen-bond acceptors (Lipinski definition) is 4. The molecule has 1 aliphatic rings. The molecular weight excluding hydrogens is 284 g/mol. The zero-order valence-corrected chi connectivity index (χ0v) is 14.2. The van der Waals surface area contributed by atoms with Crippen molar-refractivity contribution < 1.29 is 0 Å². The molecule has 1 N–H and O–H groups in total. The molecule has 0 saturated carbocycles. The monoisotopic (exact) mass is 310 g/mol. The van der Waals surface area contributed by atoms with Crippen molar-refractivity contribution in [2.75, 3.05) is 18.4 Å². The van der Waals surface area contributed by atoms with Gasteiger partial charge in [-0.1, -0.05) is 30.7 Å². The van der Waals surface area contributed by atoms with Crippen molar-refractivity contribution in [1.82, 2.24) is 14.9 Å². The maximum atomic E-state index is 4.46. The Labute approximate surface area is 139 Å². The fourth-order valence-corrected chi connectivity index (χ4v) is 3.22. The second-order valence-electron chi connectivity index (χ2n) is 6.43. The van der Waals surface area contributed by atoms with Crippen LogP contribution in [0, 0.1) is 13.8 Å². The first kappa shape index (κ1) is 15.9. The van der Waals surface area contributed by atoms with Crippen LogP contribution in [0.2, 0.25) is 0 Å². The quantitative estimate of drug-likeness (QED) is 0.914. The summed E-state index contributed by atoms with van der Waals surface area (Å²) in [4.78, 5) is 11.5. The Morgan fingerprint density at radius 3 is 2.30 bits per heavy atom. The second-order valence-corrected chi connectivity index (χ2v) is 6.43. The van der Waals surface area contributed by atoms with E-state index in [2.05, 4.69) is 44.5 Å². The molecule has 1 aromatic carbocycles. The van der Waals surface area contributed by atoms with E-state index in [1.165, 1.54) is 43.5 Å². The number of nitrogens with one attached hydrogen (secondary N) is 1. The van der Waals surface area contributed by atoms with Gasteiger partial charge in [-0.05, 0) is 57.0 Å². The number of rotatable bonds is 5. The minimum atomic E-state index is 0.718. The van der Waals surface area contributed by atoms with E-state index >= 15 is 0 Å². The highest BCUT2D eigenvalue weighted by Gasteiger charge is 2.12. The van der Waals surface area contributed by atoms with Crippen LogP contribution in [-0.4, -0.2) is 28.0 Å². The van der Waals surface area contributed by atoms with Gasteiger partial charge in [0.05, 0.1) is 0 Å². The van der Waals surface area contributed by atoms with Crippen molar-refractivity contribution in [3.63, 3.8) is 0 Å². The Morgan fingerprint density at radius 2 is 1.61 bits per heavy atom. The molecule has 0 spiro atoms. The molecule has 3 rings (SSSR count). The third-order valence-corrected chi connectivity index (χ3v) is 4.38. The normalized spacial score (nSPS) is 15.6. The predicted octanol–water partition coefficient (Wildman–Crippen LogP) is 3.69. The first-order valence-corrected chi connectivity index (χ1v) is 8.56. The van der Waals surface area contributed by atoms with E-state index in [-0.39, 0.29) is 0 Å². The van der Waals surface area contributed by atoms with Crippen molar-refractivity contribution in [1.29, 1.82) is 0 Å². The first-order valence-electron chi connectivity index (χ1n) is 8.56. The van der Waals surface area contributed by atoms with Crippen LogP contribution >= 0.6 is 0 Å². The molecular formula is C19H26N4. The van der Waals surface area contributed by atoms with Crippen molar-refractivity contribution >= 4 is 5.95 Å². The van der Waals surface area contributed by atoms with E-state index in [0.717, 1.165) is 30.4 Å². The van der Waals surface area contributed by atoms with Gasteiger partial charge in [0, 0.05) is 24.5 Å². The van der Waals surface area contributed by atoms with E-state index in [1.54, 1.807) is 0 Å². The van der Waals surface area contributed by atoms with Crippen LogP contribution in [0.3, 0.4) is 0 Å². The maximum Gasteiger partial charge on any atom is 0.223 e. The number of aryl methyl sites for hydroxylation is 2. The predicted molar refractivity (Wildman–Crippen MR) is 94.4 cm³/mol. The highest BCUT2D eigenvalue weighted by atomic mass is 15.1. The van der Waals surface area contributed by atoms with Gasteiger partial charge in [-0.25, -0.2) is 9.97 Å². The molecule has 0 unspecified atom stereocenters. The van der Waals surface area contributed by atoms with Crippen LogP contribution < -0.4 is 5.32 Å². The molecule has 122 valence electrons. The van der Waals surface area contributed by atoms with E-state index in [1.807, 2.05) is 19.9 Å². The number of benzene rings is 1. The zero-order valence-electron chi connectivity index (χ0n) is 14.2. The molecule has 23 heavy (non-hydrogen) atoms. The molecule has 1 fully saturated rings. The van der Waals surface area contributed by atoms with Crippen LogP contribution in [-0.2, 0) is 13.1 Å². The lowest BCUT2D eigenvalue weighted by Gasteiger charge is -2.27. The summed E-state index contributed by atoms with van der Waals surface area (Å²) in [5.41, 5.74) is 4.75. The average molecular weight is 310 g/mol. The average Bonchev–Trinajstić information content (AvgIpc) is 2.54. The molecule has 0 aliphatic carbocycles.